The average molecular weight is 330 g/mol. The molecule has 3 rings (SSSR count). The molecular weight excluding hydrogens is 318 g/mol. The molecule has 0 radical (unpaired) electrons. The van der Waals surface area contributed by atoms with E-state index in [0.717, 1.165) is 21.4 Å². The number of rotatable bonds is 2. The second kappa shape index (κ2) is 5.09. The van der Waals surface area contributed by atoms with Gasteiger partial charge in [-0.1, -0.05) is 15.9 Å². The van der Waals surface area contributed by atoms with Gasteiger partial charge in [-0.05, 0) is 42.8 Å². The molecule has 2 aromatic heterocycles. The number of anilines is 1. The molecule has 0 spiro atoms. The van der Waals surface area contributed by atoms with E-state index >= 15 is 0 Å². The molecule has 0 unspecified atom stereocenters. The molecule has 0 aliphatic heterocycles. The summed E-state index contributed by atoms with van der Waals surface area (Å²) in [6.45, 7) is 1.96. The Hall–Kier alpha value is -2.14. The first kappa shape index (κ1) is 12.9. The van der Waals surface area contributed by atoms with Crippen LogP contribution >= 0.6 is 15.9 Å². The van der Waals surface area contributed by atoms with Crippen LogP contribution in [-0.2, 0) is 0 Å². The number of halogens is 1. The van der Waals surface area contributed by atoms with E-state index in [0.29, 0.717) is 5.56 Å². The summed E-state index contributed by atoms with van der Waals surface area (Å²) in [4.78, 5) is 16.4. The highest BCUT2D eigenvalue weighted by Crippen LogP contribution is 2.20. The molecular formula is C15H12BrN3O. The molecule has 5 heteroatoms. The third kappa shape index (κ3) is 2.44. The van der Waals surface area contributed by atoms with Crippen molar-refractivity contribution in [3.05, 3.63) is 64.5 Å². The lowest BCUT2D eigenvalue weighted by Crippen LogP contribution is -2.13. The fourth-order valence-electron chi connectivity index (χ4n) is 2.02. The maximum atomic E-state index is 12.3. The first-order valence-electron chi connectivity index (χ1n) is 6.14. The van der Waals surface area contributed by atoms with Gasteiger partial charge < -0.3 is 9.72 Å². The minimum atomic E-state index is -0.133. The SMILES string of the molecule is Cc1cc(Br)ccc1NC(=O)c1ccc2nccn2c1. The van der Waals surface area contributed by atoms with Crippen LogP contribution in [-0.4, -0.2) is 15.3 Å². The van der Waals surface area contributed by atoms with Crippen molar-refractivity contribution in [3.63, 3.8) is 0 Å². The van der Waals surface area contributed by atoms with Crippen LogP contribution in [0.25, 0.3) is 5.65 Å². The number of aryl methyl sites for hydroxylation is 1. The van der Waals surface area contributed by atoms with Gasteiger partial charge in [-0.2, -0.15) is 0 Å². The topological polar surface area (TPSA) is 46.4 Å². The largest absolute Gasteiger partial charge is 0.322 e. The molecule has 2 heterocycles. The lowest BCUT2D eigenvalue weighted by Gasteiger charge is -2.09. The predicted octanol–water partition coefficient (Wildman–Crippen LogP) is 3.66. The Morgan fingerprint density at radius 3 is 2.95 bits per heavy atom. The monoisotopic (exact) mass is 329 g/mol. The number of benzene rings is 1. The first-order chi connectivity index (χ1) is 9.63. The van der Waals surface area contributed by atoms with E-state index in [2.05, 4.69) is 26.2 Å². The van der Waals surface area contributed by atoms with E-state index in [9.17, 15) is 4.79 Å². The zero-order valence-electron chi connectivity index (χ0n) is 10.8. The Morgan fingerprint density at radius 2 is 2.15 bits per heavy atom. The van der Waals surface area contributed by atoms with Crippen molar-refractivity contribution >= 4 is 33.2 Å². The van der Waals surface area contributed by atoms with Gasteiger partial charge in [-0.3, -0.25) is 4.79 Å². The van der Waals surface area contributed by atoms with Crippen LogP contribution in [0.2, 0.25) is 0 Å². The van der Waals surface area contributed by atoms with Gasteiger partial charge in [0.15, 0.2) is 0 Å². The quantitative estimate of drug-likeness (QED) is 0.779. The van der Waals surface area contributed by atoms with E-state index < -0.39 is 0 Å². The van der Waals surface area contributed by atoms with Crippen LogP contribution < -0.4 is 5.32 Å². The molecule has 0 atom stereocenters. The highest BCUT2D eigenvalue weighted by molar-refractivity contribution is 9.10. The van der Waals surface area contributed by atoms with Crippen molar-refractivity contribution < 1.29 is 4.79 Å². The van der Waals surface area contributed by atoms with Gasteiger partial charge >= 0.3 is 0 Å². The van der Waals surface area contributed by atoms with E-state index in [1.807, 2.05) is 41.8 Å². The average Bonchev–Trinajstić information content (AvgIpc) is 2.89. The number of nitrogens with zero attached hydrogens (tertiary/aromatic N) is 2. The van der Waals surface area contributed by atoms with Crippen molar-refractivity contribution in [3.8, 4) is 0 Å². The van der Waals surface area contributed by atoms with Gasteiger partial charge in [0.1, 0.15) is 5.65 Å². The number of nitrogens with one attached hydrogen (secondary N) is 1. The molecule has 0 bridgehead atoms. The maximum absolute atomic E-state index is 12.3. The summed E-state index contributed by atoms with van der Waals surface area (Å²) >= 11 is 3.41. The number of hydrogen-bond acceptors (Lipinski definition) is 2. The molecule has 3 aromatic rings. The second-order valence-corrected chi connectivity index (χ2v) is 5.44. The van der Waals surface area contributed by atoms with Crippen LogP contribution in [0.5, 0.6) is 0 Å². The van der Waals surface area contributed by atoms with Crippen molar-refractivity contribution in [2.45, 2.75) is 6.92 Å². The Balaban J connectivity index is 1.88. The Labute approximate surface area is 124 Å². The fraction of sp³-hybridized carbons (Fsp3) is 0.0667. The number of aromatic nitrogens is 2. The zero-order valence-corrected chi connectivity index (χ0v) is 12.4. The summed E-state index contributed by atoms with van der Waals surface area (Å²) in [7, 11) is 0. The third-order valence-corrected chi connectivity index (χ3v) is 3.58. The van der Waals surface area contributed by atoms with Gasteiger partial charge in [-0.15, -0.1) is 0 Å². The number of carbonyl (C=O) groups excluding carboxylic acids is 1. The van der Waals surface area contributed by atoms with Gasteiger partial charge in [0.05, 0.1) is 5.56 Å². The maximum Gasteiger partial charge on any atom is 0.257 e. The summed E-state index contributed by atoms with van der Waals surface area (Å²) in [5.41, 5.74) is 3.24. The number of carbonyl (C=O) groups is 1. The van der Waals surface area contributed by atoms with E-state index in [1.165, 1.54) is 0 Å². The Bertz CT molecular complexity index is 795. The normalized spacial score (nSPS) is 10.7. The molecule has 1 N–H and O–H groups in total. The summed E-state index contributed by atoms with van der Waals surface area (Å²) in [5.74, 6) is -0.133. The zero-order chi connectivity index (χ0) is 14.1. The second-order valence-electron chi connectivity index (χ2n) is 4.52. The van der Waals surface area contributed by atoms with Crippen LogP contribution in [0, 0.1) is 6.92 Å². The fourth-order valence-corrected chi connectivity index (χ4v) is 2.49. The molecule has 1 aromatic carbocycles. The Kier molecular flexibility index (Phi) is 3.28. The number of fused-ring (bicyclic) bond motifs is 1. The smallest absolute Gasteiger partial charge is 0.257 e. The summed E-state index contributed by atoms with van der Waals surface area (Å²) in [6.07, 6.45) is 5.29. The number of pyridine rings is 1. The molecule has 1 amide bonds. The van der Waals surface area contributed by atoms with Crippen LogP contribution in [0.1, 0.15) is 15.9 Å². The molecule has 0 aliphatic rings. The molecule has 4 nitrogen and oxygen atoms in total. The van der Waals surface area contributed by atoms with Crippen LogP contribution in [0.15, 0.2) is 53.4 Å². The van der Waals surface area contributed by atoms with Gasteiger partial charge in [0, 0.05) is 28.8 Å². The van der Waals surface area contributed by atoms with E-state index in [1.54, 1.807) is 18.5 Å². The number of hydrogen-bond donors (Lipinski definition) is 1. The highest BCUT2D eigenvalue weighted by Gasteiger charge is 2.09. The van der Waals surface area contributed by atoms with Gasteiger partial charge in [-0.25, -0.2) is 4.98 Å². The van der Waals surface area contributed by atoms with Gasteiger partial charge in [0.25, 0.3) is 5.91 Å². The molecule has 100 valence electrons. The van der Waals surface area contributed by atoms with Crippen molar-refractivity contribution in [2.24, 2.45) is 0 Å². The lowest BCUT2D eigenvalue weighted by atomic mass is 10.2. The minimum absolute atomic E-state index is 0.133. The minimum Gasteiger partial charge on any atom is -0.322 e. The summed E-state index contributed by atoms with van der Waals surface area (Å²) < 4.78 is 2.82. The Morgan fingerprint density at radius 1 is 1.30 bits per heavy atom. The van der Waals surface area contributed by atoms with E-state index in [-0.39, 0.29) is 5.91 Å². The number of amides is 1. The summed E-state index contributed by atoms with van der Waals surface area (Å²) in [6, 6.07) is 9.35. The van der Waals surface area contributed by atoms with Crippen molar-refractivity contribution in [1.82, 2.24) is 9.38 Å². The molecule has 0 fully saturated rings. The molecule has 0 saturated carbocycles. The van der Waals surface area contributed by atoms with Crippen LogP contribution in [0.3, 0.4) is 0 Å². The van der Waals surface area contributed by atoms with Gasteiger partial charge in [0.2, 0.25) is 0 Å². The molecule has 0 aliphatic carbocycles. The number of imidazole rings is 1. The molecule has 20 heavy (non-hydrogen) atoms. The van der Waals surface area contributed by atoms with E-state index in [4.69, 9.17) is 0 Å². The highest BCUT2D eigenvalue weighted by atomic mass is 79.9. The van der Waals surface area contributed by atoms with Crippen LogP contribution in [0.4, 0.5) is 5.69 Å². The first-order valence-corrected chi connectivity index (χ1v) is 6.93. The lowest BCUT2D eigenvalue weighted by molar-refractivity contribution is 0.102. The standard InChI is InChI=1S/C15H12BrN3O/c1-10-8-12(16)3-4-13(10)18-15(20)11-2-5-14-17-6-7-19(14)9-11/h2-9H,1H3,(H,18,20). The molecule has 0 saturated heterocycles. The van der Waals surface area contributed by atoms with Crippen molar-refractivity contribution in [2.75, 3.05) is 5.32 Å². The third-order valence-electron chi connectivity index (χ3n) is 3.09. The summed E-state index contributed by atoms with van der Waals surface area (Å²) in [5, 5.41) is 2.92. The predicted molar refractivity (Wildman–Crippen MR) is 82.0 cm³/mol. The van der Waals surface area contributed by atoms with Crippen molar-refractivity contribution in [1.29, 1.82) is 0 Å².